The molecule has 0 unspecified atom stereocenters. The zero-order chi connectivity index (χ0) is 7.94. The Hall–Kier alpha value is -0.830. The van der Waals surface area contributed by atoms with Gasteiger partial charge >= 0.3 is 0 Å². The van der Waals surface area contributed by atoms with E-state index in [9.17, 15) is 4.79 Å². The molecule has 0 saturated heterocycles. The molecular weight excluding hydrogens is 158 g/mol. The van der Waals surface area contributed by atoms with Crippen LogP contribution in [-0.2, 0) is 10.5 Å². The van der Waals surface area contributed by atoms with Crippen molar-refractivity contribution in [1.82, 2.24) is 4.98 Å². The summed E-state index contributed by atoms with van der Waals surface area (Å²) in [5.74, 6) is 1.46. The van der Waals surface area contributed by atoms with Gasteiger partial charge in [0.05, 0.1) is 0 Å². The molecule has 11 heavy (non-hydrogen) atoms. The van der Waals surface area contributed by atoms with Crippen molar-refractivity contribution < 1.29 is 4.79 Å². The van der Waals surface area contributed by atoms with E-state index in [-0.39, 0.29) is 0 Å². The zero-order valence-electron chi connectivity index (χ0n) is 6.06. The van der Waals surface area contributed by atoms with Crippen LogP contribution in [0.5, 0.6) is 0 Å². The van der Waals surface area contributed by atoms with Crippen LogP contribution in [0.15, 0.2) is 24.5 Å². The van der Waals surface area contributed by atoms with Crippen molar-refractivity contribution in [2.24, 2.45) is 0 Å². The number of nitrogens with zero attached hydrogens (tertiary/aromatic N) is 1. The Morgan fingerprint density at radius 3 is 2.82 bits per heavy atom. The minimum Gasteiger partial charge on any atom is -0.302 e. The van der Waals surface area contributed by atoms with Gasteiger partial charge in [-0.15, -0.1) is 11.8 Å². The summed E-state index contributed by atoms with van der Waals surface area (Å²) in [5, 5.41) is 0. The topological polar surface area (TPSA) is 30.0 Å². The Balaban J connectivity index is 2.33. The number of thioether (sulfide) groups is 1. The molecule has 0 bridgehead atoms. The first-order valence-electron chi connectivity index (χ1n) is 3.34. The number of carbonyl (C=O) groups is 1. The van der Waals surface area contributed by atoms with E-state index in [4.69, 9.17) is 0 Å². The van der Waals surface area contributed by atoms with Gasteiger partial charge in [-0.3, -0.25) is 4.98 Å². The minimum atomic E-state index is 0.572. The quantitative estimate of drug-likeness (QED) is 0.503. The summed E-state index contributed by atoms with van der Waals surface area (Å²) < 4.78 is 0. The molecule has 0 fully saturated rings. The molecular formula is C8H9NOS. The Morgan fingerprint density at radius 2 is 2.18 bits per heavy atom. The third-order valence-electron chi connectivity index (χ3n) is 1.20. The molecule has 0 amide bonds. The molecule has 0 aromatic carbocycles. The van der Waals surface area contributed by atoms with Gasteiger partial charge in [-0.05, 0) is 17.7 Å². The molecule has 2 nitrogen and oxygen atoms in total. The molecule has 0 radical (unpaired) electrons. The molecule has 0 N–H and O–H groups in total. The second-order valence-electron chi connectivity index (χ2n) is 2.04. The van der Waals surface area contributed by atoms with Crippen LogP contribution in [0.3, 0.4) is 0 Å². The molecule has 0 spiro atoms. The normalized spacial score (nSPS) is 9.45. The first kappa shape index (κ1) is 8.27. The SMILES string of the molecule is O=CCSCc1ccncc1. The van der Waals surface area contributed by atoms with Crippen molar-refractivity contribution >= 4 is 18.0 Å². The van der Waals surface area contributed by atoms with Gasteiger partial charge in [-0.25, -0.2) is 0 Å². The van der Waals surface area contributed by atoms with Gasteiger partial charge in [0.1, 0.15) is 6.29 Å². The number of hydrogen-bond acceptors (Lipinski definition) is 3. The predicted octanol–water partition coefficient (Wildman–Crippen LogP) is 1.51. The molecule has 3 heteroatoms. The van der Waals surface area contributed by atoms with E-state index in [0.29, 0.717) is 5.75 Å². The van der Waals surface area contributed by atoms with Crippen LogP contribution in [-0.4, -0.2) is 17.0 Å². The fourth-order valence-corrected chi connectivity index (χ4v) is 1.35. The van der Waals surface area contributed by atoms with Crippen LogP contribution < -0.4 is 0 Å². The number of pyridine rings is 1. The summed E-state index contributed by atoms with van der Waals surface area (Å²) >= 11 is 1.61. The third kappa shape index (κ3) is 3.18. The number of rotatable bonds is 4. The van der Waals surface area contributed by atoms with Gasteiger partial charge in [0.2, 0.25) is 0 Å². The fourth-order valence-electron chi connectivity index (χ4n) is 0.704. The maximum Gasteiger partial charge on any atom is 0.129 e. The molecule has 0 aliphatic carbocycles. The maximum absolute atomic E-state index is 9.96. The van der Waals surface area contributed by atoms with E-state index >= 15 is 0 Å². The average Bonchev–Trinajstić information content (AvgIpc) is 2.07. The summed E-state index contributed by atoms with van der Waals surface area (Å²) in [7, 11) is 0. The van der Waals surface area contributed by atoms with Crippen molar-refractivity contribution in [2.45, 2.75) is 5.75 Å². The highest BCUT2D eigenvalue weighted by Gasteiger charge is 1.90. The van der Waals surface area contributed by atoms with Gasteiger partial charge in [0.15, 0.2) is 0 Å². The molecule has 1 heterocycles. The fraction of sp³-hybridized carbons (Fsp3) is 0.250. The van der Waals surface area contributed by atoms with Gasteiger partial charge in [-0.2, -0.15) is 0 Å². The number of aromatic nitrogens is 1. The van der Waals surface area contributed by atoms with E-state index in [2.05, 4.69) is 4.98 Å². The van der Waals surface area contributed by atoms with Crippen molar-refractivity contribution in [2.75, 3.05) is 5.75 Å². The van der Waals surface area contributed by atoms with Crippen LogP contribution in [0.2, 0.25) is 0 Å². The first-order chi connectivity index (χ1) is 5.43. The van der Waals surface area contributed by atoms with Crippen molar-refractivity contribution in [3.63, 3.8) is 0 Å². The largest absolute Gasteiger partial charge is 0.302 e. The van der Waals surface area contributed by atoms with Crippen LogP contribution >= 0.6 is 11.8 Å². The molecule has 1 rings (SSSR count). The zero-order valence-corrected chi connectivity index (χ0v) is 6.88. The monoisotopic (exact) mass is 167 g/mol. The number of carbonyl (C=O) groups excluding carboxylic acids is 1. The second kappa shape index (κ2) is 4.91. The number of hydrogen-bond donors (Lipinski definition) is 0. The third-order valence-corrected chi connectivity index (χ3v) is 2.11. The number of aldehydes is 1. The molecule has 58 valence electrons. The lowest BCUT2D eigenvalue weighted by molar-refractivity contribution is -0.105. The van der Waals surface area contributed by atoms with Gasteiger partial charge in [0, 0.05) is 23.9 Å². The maximum atomic E-state index is 9.96. The lowest BCUT2D eigenvalue weighted by Crippen LogP contribution is -1.83. The van der Waals surface area contributed by atoms with Crippen LogP contribution in [0.1, 0.15) is 5.56 Å². The molecule has 0 saturated carbocycles. The second-order valence-corrected chi connectivity index (χ2v) is 3.07. The summed E-state index contributed by atoms with van der Waals surface area (Å²) in [4.78, 5) is 13.9. The molecule has 1 aromatic rings. The lowest BCUT2D eigenvalue weighted by Gasteiger charge is -1.95. The Labute approximate surface area is 70.0 Å². The summed E-state index contributed by atoms with van der Waals surface area (Å²) in [6, 6.07) is 3.91. The molecule has 1 aromatic heterocycles. The Bertz CT molecular complexity index is 213. The first-order valence-corrected chi connectivity index (χ1v) is 4.49. The lowest BCUT2D eigenvalue weighted by atomic mass is 10.3. The van der Waals surface area contributed by atoms with E-state index < -0.39 is 0 Å². The highest BCUT2D eigenvalue weighted by atomic mass is 32.2. The highest BCUT2D eigenvalue weighted by Crippen LogP contribution is 2.08. The van der Waals surface area contributed by atoms with E-state index in [1.54, 1.807) is 24.2 Å². The van der Waals surface area contributed by atoms with Crippen molar-refractivity contribution in [3.05, 3.63) is 30.1 Å². The van der Waals surface area contributed by atoms with Crippen molar-refractivity contribution in [3.8, 4) is 0 Å². The van der Waals surface area contributed by atoms with E-state index in [1.165, 1.54) is 5.56 Å². The average molecular weight is 167 g/mol. The van der Waals surface area contributed by atoms with Crippen LogP contribution in [0.4, 0.5) is 0 Å². The molecule has 0 aliphatic heterocycles. The van der Waals surface area contributed by atoms with E-state index in [1.807, 2.05) is 12.1 Å². The van der Waals surface area contributed by atoms with Gasteiger partial charge in [0.25, 0.3) is 0 Å². The molecule has 0 aliphatic rings. The summed E-state index contributed by atoms with van der Waals surface area (Å²) in [6.45, 7) is 0. The molecule has 0 atom stereocenters. The Kier molecular flexibility index (Phi) is 3.69. The van der Waals surface area contributed by atoms with Crippen LogP contribution in [0.25, 0.3) is 0 Å². The smallest absolute Gasteiger partial charge is 0.129 e. The highest BCUT2D eigenvalue weighted by molar-refractivity contribution is 7.99. The summed E-state index contributed by atoms with van der Waals surface area (Å²) in [6.07, 6.45) is 4.44. The van der Waals surface area contributed by atoms with E-state index in [0.717, 1.165) is 12.0 Å². The van der Waals surface area contributed by atoms with Gasteiger partial charge < -0.3 is 4.79 Å². The van der Waals surface area contributed by atoms with Crippen molar-refractivity contribution in [1.29, 1.82) is 0 Å². The Morgan fingerprint density at radius 1 is 1.45 bits per heavy atom. The van der Waals surface area contributed by atoms with Gasteiger partial charge in [-0.1, -0.05) is 0 Å². The standard InChI is InChI=1S/C8H9NOS/c10-5-6-11-7-8-1-3-9-4-2-8/h1-5H,6-7H2. The minimum absolute atomic E-state index is 0.572. The summed E-state index contributed by atoms with van der Waals surface area (Å²) in [5.41, 5.74) is 1.21. The predicted molar refractivity (Wildman–Crippen MR) is 46.5 cm³/mol. The van der Waals surface area contributed by atoms with Crippen LogP contribution in [0, 0.1) is 0 Å².